The lowest BCUT2D eigenvalue weighted by atomic mass is 9.75. The summed E-state index contributed by atoms with van der Waals surface area (Å²) in [6, 6.07) is 9.67. The van der Waals surface area contributed by atoms with Crippen molar-refractivity contribution >= 4 is 23.4 Å². The number of halogens is 1. The normalized spacial score (nSPS) is 24.6. The van der Waals surface area contributed by atoms with Crippen LogP contribution < -0.4 is 5.32 Å². The van der Waals surface area contributed by atoms with E-state index >= 15 is 0 Å². The monoisotopic (exact) mass is 283 g/mol. The van der Waals surface area contributed by atoms with Crippen molar-refractivity contribution in [1.29, 1.82) is 0 Å². The first-order chi connectivity index (χ1) is 8.69. The van der Waals surface area contributed by atoms with Gasteiger partial charge >= 0.3 is 0 Å². The number of hydrogen-bond donors (Lipinski definition) is 1. The van der Waals surface area contributed by atoms with Crippen LogP contribution in [0.1, 0.15) is 38.2 Å². The second kappa shape index (κ2) is 6.83. The summed E-state index contributed by atoms with van der Waals surface area (Å²) in [7, 11) is 0. The molecule has 0 heterocycles. The minimum Gasteiger partial charge on any atom is -0.311 e. The summed E-state index contributed by atoms with van der Waals surface area (Å²) in [5.74, 6) is 3.16. The fraction of sp³-hybridized carbons (Fsp3) is 0.600. The van der Waals surface area contributed by atoms with Gasteiger partial charge in [0.2, 0.25) is 0 Å². The zero-order valence-corrected chi connectivity index (χ0v) is 12.7. The minimum absolute atomic E-state index is 0.631. The van der Waals surface area contributed by atoms with Crippen molar-refractivity contribution < 1.29 is 0 Å². The topological polar surface area (TPSA) is 12.0 Å². The van der Waals surface area contributed by atoms with E-state index in [0.717, 1.165) is 10.9 Å². The Bertz CT molecular complexity index is 359. The molecule has 0 radical (unpaired) electrons. The molecular weight excluding hydrogens is 262 g/mol. The van der Waals surface area contributed by atoms with E-state index in [1.165, 1.54) is 29.9 Å². The Balaban J connectivity index is 1.72. The van der Waals surface area contributed by atoms with Crippen LogP contribution in [0.15, 0.2) is 24.3 Å². The fourth-order valence-electron chi connectivity index (χ4n) is 2.51. The molecule has 1 atom stereocenters. The van der Waals surface area contributed by atoms with Crippen LogP contribution in [0, 0.1) is 0 Å². The highest BCUT2D eigenvalue weighted by Crippen LogP contribution is 2.37. The van der Waals surface area contributed by atoms with E-state index in [-0.39, 0.29) is 0 Å². The Kier molecular flexibility index (Phi) is 5.40. The maximum absolute atomic E-state index is 5.91. The van der Waals surface area contributed by atoms with E-state index < -0.39 is 0 Å². The van der Waals surface area contributed by atoms with Crippen molar-refractivity contribution in [2.45, 2.75) is 44.7 Å². The van der Waals surface area contributed by atoms with E-state index in [0.29, 0.717) is 12.1 Å². The first-order valence-corrected chi connectivity index (χ1v) is 8.31. The second-order valence-corrected chi connectivity index (χ2v) is 6.90. The Morgan fingerprint density at radius 2 is 2.00 bits per heavy atom. The van der Waals surface area contributed by atoms with Crippen LogP contribution in [0.3, 0.4) is 0 Å². The molecule has 0 aliphatic heterocycles. The third-order valence-electron chi connectivity index (χ3n) is 3.57. The lowest BCUT2D eigenvalue weighted by molar-refractivity contribution is 0.276. The molecule has 1 aliphatic rings. The van der Waals surface area contributed by atoms with Crippen molar-refractivity contribution in [3.05, 3.63) is 34.9 Å². The molecule has 100 valence electrons. The van der Waals surface area contributed by atoms with Crippen molar-refractivity contribution in [2.75, 3.05) is 11.5 Å². The van der Waals surface area contributed by atoms with Crippen LogP contribution in [-0.4, -0.2) is 23.6 Å². The molecular formula is C15H22ClNS. The van der Waals surface area contributed by atoms with Gasteiger partial charge in [-0.25, -0.2) is 0 Å². The first kappa shape index (κ1) is 14.2. The Labute approximate surface area is 120 Å². The molecule has 0 bridgehead atoms. The molecule has 1 aromatic rings. The Morgan fingerprint density at radius 3 is 2.61 bits per heavy atom. The number of hydrogen-bond acceptors (Lipinski definition) is 2. The van der Waals surface area contributed by atoms with Gasteiger partial charge in [0.1, 0.15) is 0 Å². The summed E-state index contributed by atoms with van der Waals surface area (Å²) in [6.45, 7) is 4.51. The zero-order valence-electron chi connectivity index (χ0n) is 11.2. The van der Waals surface area contributed by atoms with Gasteiger partial charge in [-0.05, 0) is 49.1 Å². The van der Waals surface area contributed by atoms with Gasteiger partial charge in [0.15, 0.2) is 0 Å². The lowest BCUT2D eigenvalue weighted by Crippen LogP contribution is -2.45. The zero-order chi connectivity index (χ0) is 13.0. The summed E-state index contributed by atoms with van der Waals surface area (Å²) in [6.07, 6.45) is 2.53. The minimum atomic E-state index is 0.631. The average Bonchev–Trinajstić information content (AvgIpc) is 2.32. The molecule has 0 aromatic heterocycles. The highest BCUT2D eigenvalue weighted by Gasteiger charge is 2.30. The predicted molar refractivity (Wildman–Crippen MR) is 82.8 cm³/mol. The van der Waals surface area contributed by atoms with E-state index in [4.69, 9.17) is 11.6 Å². The van der Waals surface area contributed by atoms with Gasteiger partial charge in [0.05, 0.1) is 0 Å². The van der Waals surface area contributed by atoms with E-state index in [1.807, 2.05) is 23.9 Å². The van der Waals surface area contributed by atoms with Crippen molar-refractivity contribution in [3.63, 3.8) is 0 Å². The molecule has 0 spiro atoms. The van der Waals surface area contributed by atoms with Crippen LogP contribution in [0.25, 0.3) is 0 Å². The lowest BCUT2D eigenvalue weighted by Gasteiger charge is -2.38. The van der Waals surface area contributed by atoms with Crippen LogP contribution >= 0.6 is 23.4 Å². The third kappa shape index (κ3) is 3.91. The maximum atomic E-state index is 5.91. The Morgan fingerprint density at radius 1 is 1.33 bits per heavy atom. The molecule has 1 unspecified atom stereocenters. The van der Waals surface area contributed by atoms with Gasteiger partial charge in [-0.2, -0.15) is 11.8 Å². The standard InChI is InChI=1S/C15H22ClNS/c1-3-18-10-11(2)17-15-8-13(9-15)12-4-6-14(16)7-5-12/h4-7,11,13,15,17H,3,8-10H2,1-2H3. The van der Waals surface area contributed by atoms with E-state index in [9.17, 15) is 0 Å². The quantitative estimate of drug-likeness (QED) is 0.835. The summed E-state index contributed by atoms with van der Waals surface area (Å²) >= 11 is 7.92. The maximum Gasteiger partial charge on any atom is 0.0406 e. The molecule has 1 N–H and O–H groups in total. The van der Waals surface area contributed by atoms with Gasteiger partial charge < -0.3 is 5.32 Å². The van der Waals surface area contributed by atoms with Crippen molar-refractivity contribution in [3.8, 4) is 0 Å². The van der Waals surface area contributed by atoms with Gasteiger partial charge in [-0.3, -0.25) is 0 Å². The summed E-state index contributed by atoms with van der Waals surface area (Å²) in [5, 5.41) is 4.55. The van der Waals surface area contributed by atoms with E-state index in [1.54, 1.807) is 0 Å². The first-order valence-electron chi connectivity index (χ1n) is 6.78. The summed E-state index contributed by atoms with van der Waals surface area (Å²) in [5.41, 5.74) is 1.44. The van der Waals surface area contributed by atoms with Gasteiger partial charge in [0, 0.05) is 22.9 Å². The average molecular weight is 284 g/mol. The molecule has 2 rings (SSSR count). The van der Waals surface area contributed by atoms with Gasteiger partial charge in [0.25, 0.3) is 0 Å². The SMILES string of the molecule is CCSCC(C)NC1CC(c2ccc(Cl)cc2)C1. The van der Waals surface area contributed by atoms with Gasteiger partial charge in [-0.1, -0.05) is 30.7 Å². The summed E-state index contributed by atoms with van der Waals surface area (Å²) in [4.78, 5) is 0. The highest BCUT2D eigenvalue weighted by molar-refractivity contribution is 7.99. The highest BCUT2D eigenvalue weighted by atomic mass is 35.5. The molecule has 0 saturated heterocycles. The number of rotatable bonds is 6. The van der Waals surface area contributed by atoms with E-state index in [2.05, 4.69) is 31.3 Å². The van der Waals surface area contributed by atoms with Crippen LogP contribution in [0.2, 0.25) is 5.02 Å². The molecule has 1 fully saturated rings. The van der Waals surface area contributed by atoms with Crippen LogP contribution in [-0.2, 0) is 0 Å². The molecule has 18 heavy (non-hydrogen) atoms. The molecule has 3 heteroatoms. The Hall–Kier alpha value is -0.180. The number of thioether (sulfide) groups is 1. The number of nitrogens with one attached hydrogen (secondary N) is 1. The van der Waals surface area contributed by atoms with Crippen molar-refractivity contribution in [1.82, 2.24) is 5.32 Å². The summed E-state index contributed by atoms with van der Waals surface area (Å²) < 4.78 is 0. The second-order valence-electron chi connectivity index (χ2n) is 5.14. The fourth-order valence-corrected chi connectivity index (χ4v) is 3.32. The van der Waals surface area contributed by atoms with Crippen LogP contribution in [0.4, 0.5) is 0 Å². The molecule has 1 nitrogen and oxygen atoms in total. The predicted octanol–water partition coefficient (Wildman–Crippen LogP) is 4.32. The van der Waals surface area contributed by atoms with Crippen LogP contribution in [0.5, 0.6) is 0 Å². The molecule has 1 aromatic carbocycles. The van der Waals surface area contributed by atoms with Crippen molar-refractivity contribution in [2.24, 2.45) is 0 Å². The smallest absolute Gasteiger partial charge is 0.0406 e. The molecule has 1 saturated carbocycles. The molecule has 0 amide bonds. The largest absolute Gasteiger partial charge is 0.311 e. The number of benzene rings is 1. The molecule has 1 aliphatic carbocycles. The van der Waals surface area contributed by atoms with Gasteiger partial charge in [-0.15, -0.1) is 0 Å². The third-order valence-corrected chi connectivity index (χ3v) is 4.97.